The molecule has 1 N–H and O–H groups in total. The van der Waals surface area contributed by atoms with E-state index in [9.17, 15) is 14.4 Å². The number of morpholine rings is 1. The molecule has 3 rings (SSSR count). The molecule has 1 aromatic carbocycles. The molecule has 1 aromatic heterocycles. The Morgan fingerprint density at radius 3 is 2.54 bits per heavy atom. The Hall–Kier alpha value is -2.78. The number of aromatic nitrogens is 3. The van der Waals surface area contributed by atoms with Gasteiger partial charge in [-0.1, -0.05) is 25.1 Å². The van der Waals surface area contributed by atoms with Crippen LogP contribution in [-0.2, 0) is 11.3 Å². The summed E-state index contributed by atoms with van der Waals surface area (Å²) in [5.74, 6) is -0.576. The summed E-state index contributed by atoms with van der Waals surface area (Å²) in [6.07, 6.45) is 0.589. The van der Waals surface area contributed by atoms with E-state index in [1.54, 1.807) is 24.3 Å². The topological polar surface area (TPSA) is 98.5 Å². The van der Waals surface area contributed by atoms with Gasteiger partial charge in [0.05, 0.1) is 18.9 Å². The highest BCUT2D eigenvalue weighted by Crippen LogP contribution is 2.02. The van der Waals surface area contributed by atoms with Gasteiger partial charge in [-0.15, -0.1) is 0 Å². The van der Waals surface area contributed by atoms with E-state index in [0.29, 0.717) is 38.4 Å². The summed E-state index contributed by atoms with van der Waals surface area (Å²) in [5.41, 5.74) is -0.996. The lowest BCUT2D eigenvalue weighted by Crippen LogP contribution is -2.47. The summed E-state index contributed by atoms with van der Waals surface area (Å²) in [5, 5.41) is 6.82. The van der Waals surface area contributed by atoms with E-state index >= 15 is 0 Å². The van der Waals surface area contributed by atoms with Gasteiger partial charge in [-0.2, -0.15) is 9.78 Å². The third kappa shape index (κ3) is 4.55. The van der Waals surface area contributed by atoms with E-state index in [1.807, 2.05) is 13.0 Å². The third-order valence-electron chi connectivity index (χ3n) is 4.54. The Balaban J connectivity index is 1.84. The Bertz CT molecular complexity index is 916. The summed E-state index contributed by atoms with van der Waals surface area (Å²) in [4.78, 5) is 40.1. The lowest BCUT2D eigenvalue weighted by molar-refractivity contribution is 0.0383. The molecular formula is C19H25N5O4. The molecule has 2 aromatic rings. The number of ether oxygens (including phenoxy) is 1. The normalized spacial score (nSPS) is 14.8. The van der Waals surface area contributed by atoms with Crippen LogP contribution in [0.5, 0.6) is 0 Å². The van der Waals surface area contributed by atoms with E-state index in [1.165, 1.54) is 0 Å². The highest BCUT2D eigenvalue weighted by molar-refractivity contribution is 5.91. The van der Waals surface area contributed by atoms with Crippen molar-refractivity contribution in [2.45, 2.75) is 19.9 Å². The van der Waals surface area contributed by atoms with Crippen LogP contribution in [-0.4, -0.2) is 64.5 Å². The van der Waals surface area contributed by atoms with Gasteiger partial charge in [-0.25, -0.2) is 4.79 Å². The van der Waals surface area contributed by atoms with Crippen LogP contribution in [0.15, 0.2) is 39.9 Å². The van der Waals surface area contributed by atoms with Gasteiger partial charge < -0.3 is 10.1 Å². The van der Waals surface area contributed by atoms with E-state index in [2.05, 4.69) is 15.3 Å². The highest BCUT2D eigenvalue weighted by atomic mass is 16.5. The quantitative estimate of drug-likeness (QED) is 0.711. The summed E-state index contributed by atoms with van der Waals surface area (Å²) in [6.45, 7) is 6.13. The Kier molecular flexibility index (Phi) is 6.72. The van der Waals surface area contributed by atoms with Crippen LogP contribution in [0.25, 0.3) is 5.69 Å². The fourth-order valence-corrected chi connectivity index (χ4v) is 3.05. The molecule has 0 unspecified atom stereocenters. The van der Waals surface area contributed by atoms with Crippen molar-refractivity contribution in [2.24, 2.45) is 0 Å². The van der Waals surface area contributed by atoms with Gasteiger partial charge in [0.2, 0.25) is 5.69 Å². The maximum atomic E-state index is 12.7. The summed E-state index contributed by atoms with van der Waals surface area (Å²) < 4.78 is 7.47. The van der Waals surface area contributed by atoms with Gasteiger partial charge in [-0.05, 0) is 18.6 Å². The smallest absolute Gasteiger partial charge is 0.352 e. The van der Waals surface area contributed by atoms with Crippen molar-refractivity contribution in [3.05, 3.63) is 56.9 Å². The van der Waals surface area contributed by atoms with Gasteiger partial charge in [-0.3, -0.25) is 19.1 Å². The van der Waals surface area contributed by atoms with Crippen molar-refractivity contribution in [3.8, 4) is 5.69 Å². The fourth-order valence-electron chi connectivity index (χ4n) is 3.05. The summed E-state index contributed by atoms with van der Waals surface area (Å²) in [7, 11) is 0. The van der Waals surface area contributed by atoms with Crippen molar-refractivity contribution in [1.29, 1.82) is 0 Å². The molecule has 9 nitrogen and oxygen atoms in total. The number of hydrogen-bond acceptors (Lipinski definition) is 6. The fraction of sp³-hybridized carbons (Fsp3) is 0.474. The van der Waals surface area contributed by atoms with Crippen LogP contribution in [0.1, 0.15) is 23.8 Å². The predicted octanol–water partition coefficient (Wildman–Crippen LogP) is -0.134. The molecule has 0 radical (unpaired) electrons. The first-order valence-electron chi connectivity index (χ1n) is 9.49. The van der Waals surface area contributed by atoms with Crippen LogP contribution in [0.2, 0.25) is 0 Å². The van der Waals surface area contributed by atoms with Crippen LogP contribution >= 0.6 is 0 Å². The van der Waals surface area contributed by atoms with Gasteiger partial charge in [0.1, 0.15) is 0 Å². The summed E-state index contributed by atoms with van der Waals surface area (Å²) >= 11 is 0. The molecule has 0 spiro atoms. The van der Waals surface area contributed by atoms with Gasteiger partial charge >= 0.3 is 5.69 Å². The van der Waals surface area contributed by atoms with Gasteiger partial charge in [0, 0.05) is 32.7 Å². The minimum atomic E-state index is -0.664. The third-order valence-corrected chi connectivity index (χ3v) is 4.54. The molecule has 28 heavy (non-hydrogen) atoms. The van der Waals surface area contributed by atoms with E-state index < -0.39 is 17.2 Å². The predicted molar refractivity (Wildman–Crippen MR) is 104 cm³/mol. The van der Waals surface area contributed by atoms with Crippen molar-refractivity contribution in [3.63, 3.8) is 0 Å². The standard InChI is InChI=1S/C19H25N5O4/c1-2-9-23-18(26)16(17(25)20-8-10-22-11-13-28-14-12-22)21-24(19(23)27)15-6-4-3-5-7-15/h3-7H,2,8-14H2,1H3,(H,20,25). The highest BCUT2D eigenvalue weighted by Gasteiger charge is 2.20. The zero-order valence-corrected chi connectivity index (χ0v) is 16.0. The second kappa shape index (κ2) is 9.43. The van der Waals surface area contributed by atoms with Crippen LogP contribution in [0, 0.1) is 0 Å². The number of nitrogens with one attached hydrogen (secondary N) is 1. The minimum Gasteiger partial charge on any atom is -0.379 e. The van der Waals surface area contributed by atoms with Crippen LogP contribution in [0.3, 0.4) is 0 Å². The molecule has 2 heterocycles. The second-order valence-corrected chi connectivity index (χ2v) is 6.55. The maximum absolute atomic E-state index is 12.7. The monoisotopic (exact) mass is 387 g/mol. The number of carbonyl (C=O) groups excluding carboxylic acids is 1. The van der Waals surface area contributed by atoms with Crippen LogP contribution < -0.4 is 16.6 Å². The van der Waals surface area contributed by atoms with E-state index in [-0.39, 0.29) is 12.2 Å². The number of hydrogen-bond donors (Lipinski definition) is 1. The zero-order valence-electron chi connectivity index (χ0n) is 16.0. The molecule has 0 saturated carbocycles. The van der Waals surface area contributed by atoms with Gasteiger partial charge in [0.15, 0.2) is 0 Å². The number of rotatable bonds is 7. The second-order valence-electron chi connectivity index (χ2n) is 6.55. The Morgan fingerprint density at radius 2 is 1.86 bits per heavy atom. The molecule has 0 bridgehead atoms. The maximum Gasteiger partial charge on any atom is 0.352 e. The number of carbonyl (C=O) groups is 1. The first-order chi connectivity index (χ1) is 13.6. The van der Waals surface area contributed by atoms with Crippen molar-refractivity contribution >= 4 is 5.91 Å². The molecule has 150 valence electrons. The lowest BCUT2D eigenvalue weighted by Gasteiger charge is -2.26. The Morgan fingerprint density at radius 1 is 1.14 bits per heavy atom. The molecule has 9 heteroatoms. The first kappa shape index (κ1) is 20.0. The SMILES string of the molecule is CCCn1c(=O)c(C(=O)NCCN2CCOCC2)nn(-c2ccccc2)c1=O. The average molecular weight is 387 g/mol. The lowest BCUT2D eigenvalue weighted by atomic mass is 10.3. The largest absolute Gasteiger partial charge is 0.379 e. The van der Waals surface area contributed by atoms with Crippen LogP contribution in [0.4, 0.5) is 0 Å². The van der Waals surface area contributed by atoms with Crippen molar-refractivity contribution in [2.75, 3.05) is 39.4 Å². The number of amides is 1. The molecule has 0 atom stereocenters. The summed E-state index contributed by atoms with van der Waals surface area (Å²) in [6, 6.07) is 8.75. The van der Waals surface area contributed by atoms with Gasteiger partial charge in [0.25, 0.3) is 11.5 Å². The molecular weight excluding hydrogens is 362 g/mol. The van der Waals surface area contributed by atoms with E-state index in [0.717, 1.165) is 22.3 Å². The average Bonchev–Trinajstić information content (AvgIpc) is 2.72. The molecule has 1 amide bonds. The molecule has 0 aliphatic carbocycles. The number of nitrogens with zero attached hydrogens (tertiary/aromatic N) is 4. The molecule has 1 fully saturated rings. The van der Waals surface area contributed by atoms with Crippen molar-refractivity contribution < 1.29 is 9.53 Å². The zero-order chi connectivity index (χ0) is 19.9. The molecule has 1 aliphatic rings. The number of para-hydroxylation sites is 1. The number of benzene rings is 1. The van der Waals surface area contributed by atoms with E-state index in [4.69, 9.17) is 4.74 Å². The first-order valence-corrected chi connectivity index (χ1v) is 9.49. The molecule has 1 aliphatic heterocycles. The minimum absolute atomic E-state index is 0.223. The molecule has 1 saturated heterocycles. The Labute approximate surface area is 162 Å². The van der Waals surface area contributed by atoms with Crippen molar-refractivity contribution in [1.82, 2.24) is 24.6 Å².